The smallest absolute Gasteiger partial charge is 0.357 e. The number of esters is 1. The van der Waals surface area contributed by atoms with Gasteiger partial charge < -0.3 is 49.5 Å². The molecule has 3 unspecified atom stereocenters. The van der Waals surface area contributed by atoms with Crippen LogP contribution < -0.4 is 19.9 Å². The summed E-state index contributed by atoms with van der Waals surface area (Å²) in [6.45, 7) is 21.4. The van der Waals surface area contributed by atoms with Gasteiger partial charge in [-0.25, -0.2) is 61.0 Å². The number of aromatic nitrogens is 6. The van der Waals surface area contributed by atoms with E-state index in [1.54, 1.807) is 31.4 Å². The van der Waals surface area contributed by atoms with Gasteiger partial charge in [0.2, 0.25) is 0 Å². The maximum absolute atomic E-state index is 13.3. The average Bonchev–Trinajstić information content (AvgIpc) is 0.843. The molecule has 6 aromatic heterocycles. The molecular formula is C78H92Br9F6N7O12Sn. The average molecular weight is 2270 g/mol. The zero-order valence-electron chi connectivity index (χ0n) is 63.2. The molecule has 0 radical (unpaired) electrons. The van der Waals surface area contributed by atoms with Gasteiger partial charge in [0.05, 0.1) is 63.3 Å². The number of carbonyl (C=O) groups is 2. The molecule has 2 aromatic carbocycles. The van der Waals surface area contributed by atoms with Crippen LogP contribution in [0.15, 0.2) is 164 Å². The van der Waals surface area contributed by atoms with Gasteiger partial charge in [-0.05, 0) is 256 Å². The van der Waals surface area contributed by atoms with E-state index in [0.717, 1.165) is 24.0 Å². The topological polar surface area (TPSA) is 263 Å². The Bertz CT molecular complexity index is 4100. The van der Waals surface area contributed by atoms with Gasteiger partial charge in [0.25, 0.3) is 0 Å². The molecule has 113 heavy (non-hydrogen) atoms. The van der Waals surface area contributed by atoms with Crippen molar-refractivity contribution >= 4 is 179 Å². The van der Waals surface area contributed by atoms with Gasteiger partial charge in [0, 0.05) is 23.9 Å². The molecule has 0 saturated carbocycles. The molecule has 0 amide bonds. The third kappa shape index (κ3) is 40.2. The van der Waals surface area contributed by atoms with E-state index in [0.29, 0.717) is 88.4 Å². The number of aliphatic hydroxyl groups excluding tert-OH is 3. The summed E-state index contributed by atoms with van der Waals surface area (Å²) in [7, 11) is 3.12. The first kappa shape index (κ1) is 105. The molecule has 620 valence electrons. The Morgan fingerprint density at radius 1 is 0.504 bits per heavy atom. The fourth-order valence-electron chi connectivity index (χ4n) is 9.40. The number of ketones is 1. The van der Waals surface area contributed by atoms with Gasteiger partial charge in [-0.15, -0.1) is 0 Å². The minimum Gasteiger partial charge on any atom is -0.497 e. The molecule has 0 spiro atoms. The summed E-state index contributed by atoms with van der Waals surface area (Å²) in [6.07, 6.45) is 6.43. The number of benzene rings is 2. The number of carbonyl (C=O) groups excluding carboxylic acids is 2. The number of methoxy groups -OCH3 is 2. The number of halogens is 15. The Hall–Kier alpha value is -4.54. The van der Waals surface area contributed by atoms with Gasteiger partial charge in [0.1, 0.15) is 73.3 Å². The van der Waals surface area contributed by atoms with Gasteiger partial charge in [0.15, 0.2) is 52.2 Å². The summed E-state index contributed by atoms with van der Waals surface area (Å²) in [5, 5.41) is 29.7. The third-order valence-electron chi connectivity index (χ3n) is 15.5. The van der Waals surface area contributed by atoms with Crippen molar-refractivity contribution in [3.05, 3.63) is 239 Å². The summed E-state index contributed by atoms with van der Waals surface area (Å²) in [4.78, 5) is 46.5. The van der Waals surface area contributed by atoms with E-state index in [9.17, 15) is 51.3 Å². The molecule has 5 N–H and O–H groups in total. The standard InChI is InChI=1S/C26H27BrFNO6.C9H9BrFNO.C8H8Br2FNO.C7H4Br2FNO2.C7H8BrFN2O.C5H2Br2FN.C4H7O.3C4H9.Sn/c1-32-19-6-3-17(4-7-19)16-34-13-14-35-24-12-5-18(15-25(24)33-2)22(30)10-11-23(31)21-9-8-20(28)26(27)29-21;1-3-13-6(2)8-5-4-7(11)9(10)12-8;9-4-3-7(13)6-2-1-5(11)8(10)12-6;8-3-13-7(12)5-2-1-4(10)6(9)11-5;8-7-4(9)1-2-5(11-7)6(12)3-10;6-4-2-1-3(8)5(7)9-4;1-3-5-4-2;3*1-3-4-2;/h3-9,12,15,23,31H,10-11,13-14,16H2,1-2H3;4-5H,2-3H2,1H3;1-2,7,13H,3-4H2;1-2H,3H2;1-2,6,12H,3,10H2;1-2H;1,4H2,2H3;3*1,3-4H2,2H3;. The van der Waals surface area contributed by atoms with Gasteiger partial charge >= 0.3 is 126 Å². The van der Waals surface area contributed by atoms with E-state index >= 15 is 0 Å². The van der Waals surface area contributed by atoms with Crippen LogP contribution in [0.25, 0.3) is 5.76 Å². The van der Waals surface area contributed by atoms with Crippen molar-refractivity contribution < 1.29 is 84.4 Å². The molecule has 0 saturated heterocycles. The van der Waals surface area contributed by atoms with Crippen molar-refractivity contribution in [3.8, 4) is 17.2 Å². The first-order chi connectivity index (χ1) is 53.9. The van der Waals surface area contributed by atoms with Crippen molar-refractivity contribution in [1.82, 2.24) is 29.9 Å². The summed E-state index contributed by atoms with van der Waals surface area (Å²) < 4.78 is 121. The normalized spacial score (nSPS) is 11.3. The first-order valence-corrected chi connectivity index (χ1v) is 50.4. The van der Waals surface area contributed by atoms with Crippen molar-refractivity contribution in [2.75, 3.05) is 58.0 Å². The Morgan fingerprint density at radius 3 is 1.36 bits per heavy atom. The Morgan fingerprint density at radius 2 is 0.947 bits per heavy atom. The molecule has 0 aliphatic rings. The number of Topliss-reactive ketones (excluding diaryl/α,β-unsaturated/α-hetero) is 1. The number of unbranched alkanes of at least 4 members (excludes halogenated alkanes) is 3. The largest absolute Gasteiger partial charge is 0.497 e. The van der Waals surface area contributed by atoms with E-state index < -0.39 is 71.7 Å². The molecule has 6 heterocycles. The summed E-state index contributed by atoms with van der Waals surface area (Å²) in [6, 6.07) is 28.7. The zero-order chi connectivity index (χ0) is 84.6. The number of nitrogens with two attached hydrogens (primary N) is 1. The third-order valence-corrected chi connectivity index (χ3v) is 34.9. The first-order valence-electron chi connectivity index (χ1n) is 35.2. The van der Waals surface area contributed by atoms with Crippen molar-refractivity contribution in [2.45, 2.75) is 131 Å². The van der Waals surface area contributed by atoms with E-state index in [1.807, 2.05) is 31.2 Å². The second-order valence-electron chi connectivity index (χ2n) is 23.6. The monoisotopic (exact) mass is 2260 g/mol. The number of nitrogens with zero attached hydrogens (tertiary/aromatic N) is 6. The number of alkyl halides is 2. The van der Waals surface area contributed by atoms with Crippen LogP contribution in [0.5, 0.6) is 17.2 Å². The van der Waals surface area contributed by atoms with Crippen LogP contribution in [0, 0.1) is 34.9 Å². The molecule has 0 aliphatic heterocycles. The Labute approximate surface area is 736 Å². The van der Waals surface area contributed by atoms with Crippen molar-refractivity contribution in [1.29, 1.82) is 0 Å². The number of ether oxygens (including phenoxy) is 7. The zero-order valence-corrected chi connectivity index (χ0v) is 80.3. The molecule has 8 aromatic rings. The van der Waals surface area contributed by atoms with Crippen LogP contribution in [0.3, 0.4) is 0 Å². The molecule has 35 heteroatoms. The maximum Gasteiger partial charge on any atom is 0.357 e. The summed E-state index contributed by atoms with van der Waals surface area (Å²) >= 11 is 24.6. The van der Waals surface area contributed by atoms with Crippen LogP contribution in [-0.2, 0) is 25.6 Å². The number of aliphatic hydroxyl groups is 3. The van der Waals surface area contributed by atoms with Crippen LogP contribution in [-0.4, -0.2) is 133 Å². The second-order valence-corrected chi connectivity index (χ2v) is 43.3. The molecule has 0 aliphatic carbocycles. The Balaban J connectivity index is 0.000000474. The molecule has 19 nitrogen and oxygen atoms in total. The summed E-state index contributed by atoms with van der Waals surface area (Å²) in [5.41, 5.74) is 8.48. The fourth-order valence-corrected chi connectivity index (χ4v) is 27.2. The number of rotatable bonds is 35. The van der Waals surface area contributed by atoms with Gasteiger partial charge in [-0.2, -0.15) is 0 Å². The second kappa shape index (κ2) is 59.2. The fraction of sp³-hybridized carbons (Fsp3) is 0.385. The van der Waals surface area contributed by atoms with Gasteiger partial charge in [-0.3, -0.25) is 4.79 Å². The molecule has 0 bridgehead atoms. The number of pyridine rings is 6. The molecule has 3 atom stereocenters. The maximum atomic E-state index is 13.3. The number of hydrogen-bond acceptors (Lipinski definition) is 19. The number of hydrogen-bond donors (Lipinski definition) is 4. The van der Waals surface area contributed by atoms with Crippen LogP contribution >= 0.6 is 143 Å². The van der Waals surface area contributed by atoms with Gasteiger partial charge in [-0.1, -0.05) is 34.6 Å². The molecule has 8 rings (SSSR count). The molecule has 0 fully saturated rings. The SMILES string of the molecule is C=C(OCC)c1ccc(F)c(Br)n1.C=[C](OCC)[Sn]([CH2]CCC)([CH2]CCC)[CH2]CCC.COc1ccc(COCCOc2ccc(C(=O)CCC(O)c3ccc(F)c(Br)n3)cc2OC)cc1.Fc1ccc(Br)nc1Br.NCC(O)c1ccc(F)c(Br)n1.O=C(OCBr)c1ccc(F)c(Br)n1.OC(CCBr)c1ccc(F)c(Br)n1. The van der Waals surface area contributed by atoms with Crippen LogP contribution in [0.4, 0.5) is 26.3 Å². The van der Waals surface area contributed by atoms with Crippen LogP contribution in [0.1, 0.15) is 160 Å². The van der Waals surface area contributed by atoms with Crippen molar-refractivity contribution in [3.63, 3.8) is 0 Å². The predicted molar refractivity (Wildman–Crippen MR) is 462 cm³/mol. The van der Waals surface area contributed by atoms with E-state index in [1.165, 1.54) is 123 Å². The molecular weight excluding hydrogens is 2180 g/mol. The predicted octanol–water partition coefficient (Wildman–Crippen LogP) is 23.2. The Kier molecular flexibility index (Phi) is 54.7. The summed E-state index contributed by atoms with van der Waals surface area (Å²) in [5.74, 6) is -1.26. The van der Waals surface area contributed by atoms with E-state index in [-0.39, 0.29) is 69.8 Å². The van der Waals surface area contributed by atoms with E-state index in [2.05, 4.69) is 219 Å². The minimum absolute atomic E-state index is 0.00322. The van der Waals surface area contributed by atoms with Crippen molar-refractivity contribution in [2.24, 2.45) is 5.73 Å². The quantitative estimate of drug-likeness (QED) is 0.00420. The van der Waals surface area contributed by atoms with Crippen LogP contribution in [0.2, 0.25) is 13.3 Å². The minimum atomic E-state index is -2.24. The van der Waals surface area contributed by atoms with E-state index in [4.69, 9.17) is 34.2 Å².